The number of hydrogen-bond donors (Lipinski definition) is 2. The van der Waals surface area contributed by atoms with Crippen molar-refractivity contribution in [3.8, 4) is 5.75 Å². The Hall–Kier alpha value is -1.91. The summed E-state index contributed by atoms with van der Waals surface area (Å²) in [7, 11) is 0. The van der Waals surface area contributed by atoms with E-state index >= 15 is 0 Å². The topological polar surface area (TPSA) is 58.6 Å². The van der Waals surface area contributed by atoms with E-state index in [1.807, 2.05) is 0 Å². The van der Waals surface area contributed by atoms with Crippen LogP contribution in [0.25, 0.3) is 0 Å². The molecule has 2 N–H and O–H groups in total. The largest absolute Gasteiger partial charge is 0.492 e. The molecule has 2 aromatic carbocycles. The monoisotopic (exact) mass is 325 g/mol. The number of halogens is 2. The molecule has 110 valence electrons. The van der Waals surface area contributed by atoms with Crippen LogP contribution in [0.4, 0.5) is 5.69 Å². The predicted molar refractivity (Wildman–Crippen MR) is 83.8 cm³/mol. The molecule has 0 heterocycles. The SMILES string of the molecule is O=C(O)c1cccc(Cl)c1NCCOc1ccc(Cl)cc1. The second kappa shape index (κ2) is 7.20. The van der Waals surface area contributed by atoms with Gasteiger partial charge in [0.2, 0.25) is 0 Å². The molecule has 21 heavy (non-hydrogen) atoms. The Morgan fingerprint density at radius 2 is 1.86 bits per heavy atom. The molecule has 0 bridgehead atoms. The fourth-order valence-corrected chi connectivity index (χ4v) is 2.13. The van der Waals surface area contributed by atoms with Gasteiger partial charge >= 0.3 is 5.97 Å². The summed E-state index contributed by atoms with van der Waals surface area (Å²) < 4.78 is 5.51. The first-order valence-corrected chi connectivity index (χ1v) is 6.97. The minimum Gasteiger partial charge on any atom is -0.492 e. The van der Waals surface area contributed by atoms with E-state index in [0.717, 1.165) is 0 Å². The summed E-state index contributed by atoms with van der Waals surface area (Å²) in [6, 6.07) is 11.7. The van der Waals surface area contributed by atoms with Crippen LogP contribution < -0.4 is 10.1 Å². The number of benzene rings is 2. The van der Waals surface area contributed by atoms with E-state index in [4.69, 9.17) is 33.0 Å². The molecule has 0 amide bonds. The molecular formula is C15H13Cl2NO3. The van der Waals surface area contributed by atoms with Crippen molar-refractivity contribution >= 4 is 34.9 Å². The van der Waals surface area contributed by atoms with Crippen LogP contribution in [-0.4, -0.2) is 24.2 Å². The van der Waals surface area contributed by atoms with Crippen molar-refractivity contribution in [3.63, 3.8) is 0 Å². The van der Waals surface area contributed by atoms with Crippen LogP contribution >= 0.6 is 23.2 Å². The van der Waals surface area contributed by atoms with Crippen LogP contribution in [0.1, 0.15) is 10.4 Å². The van der Waals surface area contributed by atoms with Crippen molar-refractivity contribution in [3.05, 3.63) is 58.1 Å². The zero-order chi connectivity index (χ0) is 15.2. The van der Waals surface area contributed by atoms with Crippen molar-refractivity contribution < 1.29 is 14.6 Å². The molecule has 0 aliphatic heterocycles. The van der Waals surface area contributed by atoms with Crippen LogP contribution in [-0.2, 0) is 0 Å². The van der Waals surface area contributed by atoms with Gasteiger partial charge in [0.15, 0.2) is 0 Å². The highest BCUT2D eigenvalue weighted by atomic mass is 35.5. The third-order valence-corrected chi connectivity index (χ3v) is 3.30. The van der Waals surface area contributed by atoms with Gasteiger partial charge in [-0.25, -0.2) is 4.79 Å². The Morgan fingerprint density at radius 3 is 2.52 bits per heavy atom. The highest BCUT2D eigenvalue weighted by Gasteiger charge is 2.12. The minimum atomic E-state index is -1.03. The van der Waals surface area contributed by atoms with Crippen molar-refractivity contribution in [1.82, 2.24) is 0 Å². The Balaban J connectivity index is 1.92. The quantitative estimate of drug-likeness (QED) is 0.782. The predicted octanol–water partition coefficient (Wildman–Crippen LogP) is 4.18. The summed E-state index contributed by atoms with van der Waals surface area (Å²) in [6.45, 7) is 0.790. The van der Waals surface area contributed by atoms with Crippen molar-refractivity contribution in [2.45, 2.75) is 0 Å². The van der Waals surface area contributed by atoms with Crippen LogP contribution in [0.5, 0.6) is 5.75 Å². The summed E-state index contributed by atoms with van der Waals surface area (Å²) >= 11 is 11.8. The molecule has 0 fully saturated rings. The van der Waals surface area contributed by atoms with Crippen LogP contribution in [0.3, 0.4) is 0 Å². The number of aromatic carboxylic acids is 1. The van der Waals surface area contributed by atoms with Gasteiger partial charge in [0.1, 0.15) is 12.4 Å². The van der Waals surface area contributed by atoms with Gasteiger partial charge in [-0.1, -0.05) is 29.3 Å². The van der Waals surface area contributed by atoms with Gasteiger partial charge in [0, 0.05) is 11.6 Å². The van der Waals surface area contributed by atoms with E-state index in [1.54, 1.807) is 36.4 Å². The Labute approximate surface area is 132 Å². The summed E-state index contributed by atoms with van der Waals surface area (Å²) in [6.07, 6.45) is 0. The molecule has 0 saturated carbocycles. The molecule has 2 aromatic rings. The first kappa shape index (κ1) is 15.5. The number of hydrogen-bond acceptors (Lipinski definition) is 3. The first-order valence-electron chi connectivity index (χ1n) is 6.22. The number of rotatable bonds is 6. The molecule has 4 nitrogen and oxygen atoms in total. The maximum Gasteiger partial charge on any atom is 0.337 e. The zero-order valence-corrected chi connectivity index (χ0v) is 12.5. The van der Waals surface area contributed by atoms with Crippen molar-refractivity contribution in [1.29, 1.82) is 0 Å². The minimum absolute atomic E-state index is 0.133. The van der Waals surface area contributed by atoms with E-state index in [2.05, 4.69) is 5.32 Å². The fourth-order valence-electron chi connectivity index (χ4n) is 1.76. The van der Waals surface area contributed by atoms with Gasteiger partial charge < -0.3 is 15.2 Å². The number of carbonyl (C=O) groups is 1. The summed E-state index contributed by atoms with van der Waals surface area (Å²) in [5.74, 6) is -0.336. The van der Waals surface area contributed by atoms with Crippen LogP contribution in [0.2, 0.25) is 10.0 Å². The normalized spacial score (nSPS) is 10.2. The van der Waals surface area contributed by atoms with Crippen LogP contribution in [0, 0.1) is 0 Å². The maximum absolute atomic E-state index is 11.1. The molecule has 0 aliphatic carbocycles. The molecule has 0 saturated heterocycles. The first-order chi connectivity index (χ1) is 10.1. The molecule has 0 spiro atoms. The smallest absolute Gasteiger partial charge is 0.337 e. The highest BCUT2D eigenvalue weighted by molar-refractivity contribution is 6.34. The summed E-state index contributed by atoms with van der Waals surface area (Å²) in [5.41, 5.74) is 0.528. The maximum atomic E-state index is 11.1. The second-order valence-corrected chi connectivity index (χ2v) is 5.04. The number of carboxylic acids is 1. The lowest BCUT2D eigenvalue weighted by atomic mass is 10.2. The summed E-state index contributed by atoms with van der Waals surface area (Å²) in [5, 5.41) is 13.1. The molecule has 0 unspecified atom stereocenters. The molecule has 0 radical (unpaired) electrons. The third kappa shape index (κ3) is 4.28. The number of carboxylic acid groups (broad SMARTS) is 1. The van der Waals surface area contributed by atoms with E-state index < -0.39 is 5.97 Å². The Bertz CT molecular complexity index is 629. The molecule has 0 atom stereocenters. The zero-order valence-electron chi connectivity index (χ0n) is 11.0. The second-order valence-electron chi connectivity index (χ2n) is 4.20. The van der Waals surface area contributed by atoms with E-state index in [-0.39, 0.29) is 5.56 Å². The van der Waals surface area contributed by atoms with E-state index in [9.17, 15) is 4.79 Å². The highest BCUT2D eigenvalue weighted by Crippen LogP contribution is 2.25. The average molecular weight is 326 g/mol. The van der Waals surface area contributed by atoms with Gasteiger partial charge in [-0.2, -0.15) is 0 Å². The van der Waals surface area contributed by atoms with Gasteiger partial charge in [-0.3, -0.25) is 0 Å². The van der Waals surface area contributed by atoms with Gasteiger partial charge in [-0.15, -0.1) is 0 Å². The number of nitrogens with one attached hydrogen (secondary N) is 1. The molecule has 2 rings (SSSR count). The lowest BCUT2D eigenvalue weighted by molar-refractivity contribution is 0.0698. The van der Waals surface area contributed by atoms with Crippen molar-refractivity contribution in [2.24, 2.45) is 0 Å². The van der Waals surface area contributed by atoms with Gasteiger partial charge in [-0.05, 0) is 36.4 Å². The lowest BCUT2D eigenvalue weighted by Crippen LogP contribution is -2.14. The molecule has 0 aromatic heterocycles. The molecular weight excluding hydrogens is 313 g/mol. The fraction of sp³-hybridized carbons (Fsp3) is 0.133. The number of para-hydroxylation sites is 1. The van der Waals surface area contributed by atoms with E-state index in [1.165, 1.54) is 6.07 Å². The number of anilines is 1. The third-order valence-electron chi connectivity index (χ3n) is 2.73. The molecule has 0 aliphatic rings. The van der Waals surface area contributed by atoms with Crippen molar-refractivity contribution in [2.75, 3.05) is 18.5 Å². The Morgan fingerprint density at radius 1 is 1.14 bits per heavy atom. The van der Waals surface area contributed by atoms with Gasteiger partial charge in [0.05, 0.1) is 16.3 Å². The Kier molecular flexibility index (Phi) is 5.31. The average Bonchev–Trinajstić information content (AvgIpc) is 2.46. The molecule has 6 heteroatoms. The summed E-state index contributed by atoms with van der Waals surface area (Å²) in [4.78, 5) is 11.1. The van der Waals surface area contributed by atoms with Crippen LogP contribution in [0.15, 0.2) is 42.5 Å². The van der Waals surface area contributed by atoms with Gasteiger partial charge in [0.25, 0.3) is 0 Å². The lowest BCUT2D eigenvalue weighted by Gasteiger charge is -2.12. The van der Waals surface area contributed by atoms with E-state index in [0.29, 0.717) is 34.6 Å². The number of ether oxygens (including phenoxy) is 1. The standard InChI is InChI=1S/C15H13Cl2NO3/c16-10-4-6-11(7-5-10)21-9-8-18-14-12(15(19)20)2-1-3-13(14)17/h1-7,18H,8-9H2,(H,19,20).